The topological polar surface area (TPSA) is 48.1 Å². The lowest BCUT2D eigenvalue weighted by Gasteiger charge is -2.19. The number of nitrogens with two attached hydrogens (primary N) is 1. The Kier molecular flexibility index (Phi) is 3.95. The Balaban J connectivity index is 2.19. The second-order valence-corrected chi connectivity index (χ2v) is 4.37. The molecule has 94 valence electrons. The Morgan fingerprint density at radius 1 is 1.06 bits per heavy atom. The van der Waals surface area contributed by atoms with Crippen molar-refractivity contribution in [2.45, 2.75) is 26.0 Å². The summed E-state index contributed by atoms with van der Waals surface area (Å²) in [5.74, 6) is 0.844. The van der Waals surface area contributed by atoms with Gasteiger partial charge in [-0.1, -0.05) is 18.2 Å². The normalized spacial score (nSPS) is 13.9. The monoisotopic (exact) mass is 242 g/mol. The van der Waals surface area contributed by atoms with Gasteiger partial charge in [-0.05, 0) is 37.6 Å². The highest BCUT2D eigenvalue weighted by molar-refractivity contribution is 5.36. The van der Waals surface area contributed by atoms with Gasteiger partial charge in [0.1, 0.15) is 11.9 Å². The van der Waals surface area contributed by atoms with Gasteiger partial charge >= 0.3 is 0 Å². The second-order valence-electron chi connectivity index (χ2n) is 4.37. The summed E-state index contributed by atoms with van der Waals surface area (Å²) in [6.07, 6.45) is 3.52. The third-order valence-corrected chi connectivity index (χ3v) is 2.89. The summed E-state index contributed by atoms with van der Waals surface area (Å²) in [6, 6.07) is 11.8. The average Bonchev–Trinajstić information content (AvgIpc) is 2.40. The number of aromatic nitrogens is 1. The van der Waals surface area contributed by atoms with Crippen molar-refractivity contribution >= 4 is 0 Å². The minimum Gasteiger partial charge on any atom is -0.486 e. The number of hydrogen-bond acceptors (Lipinski definition) is 3. The first-order valence-electron chi connectivity index (χ1n) is 6.09. The summed E-state index contributed by atoms with van der Waals surface area (Å²) in [5.41, 5.74) is 8.07. The summed E-state index contributed by atoms with van der Waals surface area (Å²) in [7, 11) is 0. The van der Waals surface area contributed by atoms with Crippen LogP contribution in [-0.2, 0) is 0 Å². The summed E-state index contributed by atoms with van der Waals surface area (Å²) in [4.78, 5) is 4.01. The van der Waals surface area contributed by atoms with Gasteiger partial charge in [0.05, 0.1) is 0 Å². The van der Waals surface area contributed by atoms with Gasteiger partial charge in [-0.3, -0.25) is 4.98 Å². The van der Waals surface area contributed by atoms with E-state index in [0.29, 0.717) is 0 Å². The van der Waals surface area contributed by atoms with Crippen LogP contribution in [0, 0.1) is 0 Å². The number of nitrogens with zero attached hydrogens (tertiary/aromatic N) is 1. The molecule has 3 heteroatoms. The minimum atomic E-state index is -0.0363. The van der Waals surface area contributed by atoms with Crippen molar-refractivity contribution in [1.29, 1.82) is 0 Å². The van der Waals surface area contributed by atoms with Gasteiger partial charge < -0.3 is 10.5 Å². The van der Waals surface area contributed by atoms with Crippen molar-refractivity contribution in [1.82, 2.24) is 4.98 Å². The van der Waals surface area contributed by atoms with Crippen LogP contribution in [-0.4, -0.2) is 4.98 Å². The van der Waals surface area contributed by atoms with Gasteiger partial charge in [-0.2, -0.15) is 0 Å². The molecule has 0 aliphatic rings. The van der Waals surface area contributed by atoms with Crippen LogP contribution in [0.1, 0.15) is 37.1 Å². The summed E-state index contributed by atoms with van der Waals surface area (Å²) in [6.45, 7) is 3.98. The van der Waals surface area contributed by atoms with Crippen molar-refractivity contribution in [2.24, 2.45) is 5.73 Å². The molecular formula is C15H18N2O. The van der Waals surface area contributed by atoms with Crippen LogP contribution >= 0.6 is 0 Å². The molecule has 2 N–H and O–H groups in total. The zero-order valence-corrected chi connectivity index (χ0v) is 10.7. The van der Waals surface area contributed by atoms with Crippen LogP contribution < -0.4 is 10.5 Å². The fourth-order valence-corrected chi connectivity index (χ4v) is 1.86. The molecule has 0 aliphatic carbocycles. The van der Waals surface area contributed by atoms with Crippen LogP contribution in [0.2, 0.25) is 0 Å². The molecule has 0 fully saturated rings. The zero-order chi connectivity index (χ0) is 13.0. The van der Waals surface area contributed by atoms with Gasteiger partial charge in [-0.15, -0.1) is 0 Å². The molecule has 3 nitrogen and oxygen atoms in total. The molecule has 0 bridgehead atoms. The van der Waals surface area contributed by atoms with Crippen LogP contribution in [0.5, 0.6) is 5.75 Å². The standard InChI is InChI=1S/C15H18N2O/c1-11(16)14-5-3-4-6-15(14)18-12(2)13-7-9-17-10-8-13/h3-12H,16H2,1-2H3. The van der Waals surface area contributed by atoms with E-state index >= 15 is 0 Å². The number of benzene rings is 1. The molecule has 1 heterocycles. The van der Waals surface area contributed by atoms with E-state index in [2.05, 4.69) is 4.98 Å². The van der Waals surface area contributed by atoms with Crippen molar-refractivity contribution in [3.8, 4) is 5.75 Å². The lowest BCUT2D eigenvalue weighted by molar-refractivity contribution is 0.223. The fraction of sp³-hybridized carbons (Fsp3) is 0.267. The maximum Gasteiger partial charge on any atom is 0.124 e. The van der Waals surface area contributed by atoms with Crippen LogP contribution in [0.3, 0.4) is 0 Å². The van der Waals surface area contributed by atoms with E-state index in [4.69, 9.17) is 10.5 Å². The molecule has 2 atom stereocenters. The van der Waals surface area contributed by atoms with Gasteiger partial charge in [0.2, 0.25) is 0 Å². The van der Waals surface area contributed by atoms with Gasteiger partial charge in [0.15, 0.2) is 0 Å². The Morgan fingerprint density at radius 2 is 1.72 bits per heavy atom. The Bertz CT molecular complexity index is 497. The molecule has 0 saturated heterocycles. The summed E-state index contributed by atoms with van der Waals surface area (Å²) in [5, 5.41) is 0. The van der Waals surface area contributed by atoms with Crippen molar-refractivity contribution in [3.05, 3.63) is 59.9 Å². The highest BCUT2D eigenvalue weighted by atomic mass is 16.5. The van der Waals surface area contributed by atoms with Gasteiger partial charge in [0, 0.05) is 24.0 Å². The summed E-state index contributed by atoms with van der Waals surface area (Å²) >= 11 is 0. The average molecular weight is 242 g/mol. The van der Waals surface area contributed by atoms with Crippen LogP contribution in [0.25, 0.3) is 0 Å². The first-order valence-corrected chi connectivity index (χ1v) is 6.09. The van der Waals surface area contributed by atoms with Gasteiger partial charge in [0.25, 0.3) is 0 Å². The number of pyridine rings is 1. The Hall–Kier alpha value is -1.87. The van der Waals surface area contributed by atoms with E-state index < -0.39 is 0 Å². The molecule has 2 rings (SSSR count). The predicted molar refractivity (Wildman–Crippen MR) is 72.3 cm³/mol. The smallest absolute Gasteiger partial charge is 0.124 e. The molecule has 0 saturated carbocycles. The SMILES string of the molecule is CC(N)c1ccccc1OC(C)c1ccncc1. The van der Waals surface area contributed by atoms with E-state index in [1.54, 1.807) is 12.4 Å². The largest absolute Gasteiger partial charge is 0.486 e. The molecule has 0 radical (unpaired) electrons. The highest BCUT2D eigenvalue weighted by Gasteiger charge is 2.11. The first-order chi connectivity index (χ1) is 8.68. The molecule has 18 heavy (non-hydrogen) atoms. The zero-order valence-electron chi connectivity index (χ0n) is 10.7. The number of ether oxygens (including phenoxy) is 1. The quantitative estimate of drug-likeness (QED) is 0.895. The molecule has 0 aliphatic heterocycles. The van der Waals surface area contributed by atoms with E-state index in [-0.39, 0.29) is 12.1 Å². The first kappa shape index (κ1) is 12.6. The van der Waals surface area contributed by atoms with Crippen molar-refractivity contribution < 1.29 is 4.74 Å². The van der Waals surface area contributed by atoms with Crippen molar-refractivity contribution in [2.75, 3.05) is 0 Å². The molecular weight excluding hydrogens is 224 g/mol. The van der Waals surface area contributed by atoms with E-state index in [9.17, 15) is 0 Å². The molecule has 0 amide bonds. The predicted octanol–water partition coefficient (Wildman–Crippen LogP) is 3.24. The lowest BCUT2D eigenvalue weighted by atomic mass is 10.1. The maximum absolute atomic E-state index is 5.99. The van der Waals surface area contributed by atoms with E-state index in [1.807, 2.05) is 50.2 Å². The van der Waals surface area contributed by atoms with Gasteiger partial charge in [-0.25, -0.2) is 0 Å². The Morgan fingerprint density at radius 3 is 2.39 bits per heavy atom. The van der Waals surface area contributed by atoms with E-state index in [0.717, 1.165) is 16.9 Å². The molecule has 0 spiro atoms. The minimum absolute atomic E-state index is 0.0205. The Labute approximate surface area is 108 Å². The third-order valence-electron chi connectivity index (χ3n) is 2.89. The molecule has 1 aromatic heterocycles. The maximum atomic E-state index is 5.99. The third kappa shape index (κ3) is 2.87. The van der Waals surface area contributed by atoms with Crippen molar-refractivity contribution in [3.63, 3.8) is 0 Å². The number of hydrogen-bond donors (Lipinski definition) is 1. The number of rotatable bonds is 4. The molecule has 2 aromatic rings. The highest BCUT2D eigenvalue weighted by Crippen LogP contribution is 2.27. The second kappa shape index (κ2) is 5.65. The van der Waals surface area contributed by atoms with E-state index in [1.165, 1.54) is 0 Å². The molecule has 2 unspecified atom stereocenters. The van der Waals surface area contributed by atoms with Crippen LogP contribution in [0.4, 0.5) is 0 Å². The summed E-state index contributed by atoms with van der Waals surface area (Å²) < 4.78 is 5.99. The molecule has 1 aromatic carbocycles. The fourth-order valence-electron chi connectivity index (χ4n) is 1.86. The number of para-hydroxylation sites is 1. The lowest BCUT2D eigenvalue weighted by Crippen LogP contribution is -2.10. The van der Waals surface area contributed by atoms with Crippen LogP contribution in [0.15, 0.2) is 48.8 Å².